The van der Waals surface area contributed by atoms with Crippen molar-refractivity contribution < 1.29 is 74.8 Å². The Labute approximate surface area is 206 Å². The van der Waals surface area contributed by atoms with Gasteiger partial charge in [0.1, 0.15) is 0 Å². The molecule has 0 saturated heterocycles. The third-order valence-corrected chi connectivity index (χ3v) is 3.10. The molecule has 14 nitrogen and oxygen atoms in total. The molecule has 0 fully saturated rings. The molecule has 0 saturated carbocycles. The minimum absolute atomic E-state index is 0. The Bertz CT molecular complexity index is 612. The first kappa shape index (κ1) is 36.6. The first-order valence-electron chi connectivity index (χ1n) is 8.85. The molecule has 17 heteroatoms. The van der Waals surface area contributed by atoms with Crippen LogP contribution < -0.4 is 54.5 Å². The van der Waals surface area contributed by atoms with Gasteiger partial charge in [-0.25, -0.2) is 42.3 Å². The predicted molar refractivity (Wildman–Crippen MR) is 91.4 cm³/mol. The van der Waals surface area contributed by atoms with Crippen molar-refractivity contribution in [2.24, 2.45) is 17.2 Å². The first-order chi connectivity index (χ1) is 14.8. The number of nitrogens with two attached hydrogens (primary N) is 3. The normalized spacial score (nSPS) is 10.5. The van der Waals surface area contributed by atoms with Crippen LogP contribution in [-0.4, -0.2) is 53.7 Å². The summed E-state index contributed by atoms with van der Waals surface area (Å²) in [6.07, 6.45) is 5.59. The molecule has 0 atom stereocenters. The second-order valence-electron chi connectivity index (χ2n) is 5.68. The van der Waals surface area contributed by atoms with Gasteiger partial charge >= 0.3 is 17.1 Å². The van der Waals surface area contributed by atoms with Crippen LogP contribution in [0.4, 0.5) is 0 Å². The van der Waals surface area contributed by atoms with Gasteiger partial charge in [-0.1, -0.05) is 30.3 Å². The number of rotatable bonds is 8. The summed E-state index contributed by atoms with van der Waals surface area (Å²) >= 11 is 0. The van der Waals surface area contributed by atoms with Gasteiger partial charge < -0.3 is 21.8 Å². The quantitative estimate of drug-likeness (QED) is 0.250. The van der Waals surface area contributed by atoms with Crippen molar-refractivity contribution in [3.63, 3.8) is 0 Å². The van der Waals surface area contributed by atoms with Gasteiger partial charge in [0.25, 0.3) is 0 Å². The van der Waals surface area contributed by atoms with Crippen LogP contribution in [0, 0.1) is 20.5 Å². The maximum atomic E-state index is 8.49. The monoisotopic (exact) mass is 565 g/mol. The van der Waals surface area contributed by atoms with Crippen LogP contribution in [0.1, 0.15) is 5.56 Å². The van der Waals surface area contributed by atoms with Crippen LogP contribution in [0.2, 0.25) is 0 Å². The Morgan fingerprint density at radius 2 is 1.15 bits per heavy atom. The first-order valence-corrected chi connectivity index (χ1v) is 11.3. The molecule has 6 N–H and O–H groups in total. The topological polar surface area (TPSA) is 284 Å². The fourth-order valence-electron chi connectivity index (χ4n) is 2.06. The van der Waals surface area contributed by atoms with E-state index in [1.807, 2.05) is 30.7 Å². The fourth-order valence-corrected chi connectivity index (χ4v) is 2.06. The molecule has 1 radical (unpaired) electrons. The van der Waals surface area contributed by atoms with E-state index in [0.717, 1.165) is 26.2 Å². The van der Waals surface area contributed by atoms with Crippen LogP contribution in [0.3, 0.4) is 0 Å². The number of aromatic nitrogens is 2. The molecule has 0 bridgehead atoms. The zero-order valence-corrected chi connectivity index (χ0v) is 19.9. The molecular formula is C16H28Cl2CuN6O8. The SMILES string of the molecule is NCCN(CCN)CCN.[Cu+2].[O-][Cl+3]([O-])([O-])[O-].[O-][Cl+3]([O-])([O-])[O-].c1ccc(Cn2ccnc2)cc1. The maximum absolute atomic E-state index is 8.49. The van der Waals surface area contributed by atoms with E-state index in [9.17, 15) is 0 Å². The summed E-state index contributed by atoms with van der Waals surface area (Å²) in [7, 11) is -9.89. The van der Waals surface area contributed by atoms with E-state index in [4.69, 9.17) is 54.5 Å². The van der Waals surface area contributed by atoms with Crippen molar-refractivity contribution in [3.05, 3.63) is 54.6 Å². The molecule has 1 aromatic heterocycles. The number of benzene rings is 1. The van der Waals surface area contributed by atoms with E-state index in [-0.39, 0.29) is 17.1 Å². The maximum Gasteiger partial charge on any atom is 2.00 e. The van der Waals surface area contributed by atoms with E-state index in [1.165, 1.54) is 5.56 Å². The van der Waals surface area contributed by atoms with Gasteiger partial charge in [-0.2, -0.15) is 0 Å². The van der Waals surface area contributed by atoms with E-state index >= 15 is 0 Å². The third-order valence-electron chi connectivity index (χ3n) is 3.10. The molecule has 1 aromatic carbocycles. The molecule has 33 heavy (non-hydrogen) atoms. The van der Waals surface area contributed by atoms with Crippen LogP contribution in [0.25, 0.3) is 0 Å². The summed E-state index contributed by atoms with van der Waals surface area (Å²) < 4.78 is 70.0. The molecule has 0 amide bonds. The number of hydrogen-bond acceptors (Lipinski definition) is 13. The zero-order chi connectivity index (χ0) is 25.0. The number of imidazole rings is 1. The Kier molecular flexibility index (Phi) is 23.9. The van der Waals surface area contributed by atoms with Gasteiger partial charge in [0, 0.05) is 58.2 Å². The van der Waals surface area contributed by atoms with Crippen molar-refractivity contribution in [3.8, 4) is 0 Å². The predicted octanol–water partition coefficient (Wildman–Crippen LogP) is -9.42. The van der Waals surface area contributed by atoms with Crippen LogP contribution in [-0.2, 0) is 23.6 Å². The summed E-state index contributed by atoms with van der Waals surface area (Å²) in [6, 6.07) is 10.3. The second-order valence-corrected chi connectivity index (χ2v) is 7.20. The third kappa shape index (κ3) is 35.8. The van der Waals surface area contributed by atoms with E-state index in [1.54, 1.807) is 6.20 Å². The average Bonchev–Trinajstić information content (AvgIpc) is 3.14. The van der Waals surface area contributed by atoms with Crippen LogP contribution in [0.5, 0.6) is 0 Å². The summed E-state index contributed by atoms with van der Waals surface area (Å²) in [4.78, 5) is 6.15. The van der Waals surface area contributed by atoms with Gasteiger partial charge in [-0.3, -0.25) is 4.90 Å². The zero-order valence-electron chi connectivity index (χ0n) is 17.5. The number of halogens is 2. The van der Waals surface area contributed by atoms with Gasteiger partial charge in [0.05, 0.1) is 6.33 Å². The Morgan fingerprint density at radius 3 is 1.45 bits per heavy atom. The smallest absolute Gasteiger partial charge is 0.333 e. The molecule has 2 rings (SSSR count). The number of hydrogen-bond donors (Lipinski definition) is 3. The summed E-state index contributed by atoms with van der Waals surface area (Å²) in [5.74, 6) is 0. The van der Waals surface area contributed by atoms with Gasteiger partial charge in [0.15, 0.2) is 0 Å². The fraction of sp³-hybridized carbons (Fsp3) is 0.438. The van der Waals surface area contributed by atoms with Crippen LogP contribution >= 0.6 is 0 Å². The van der Waals surface area contributed by atoms with Crippen molar-refractivity contribution in [1.29, 1.82) is 0 Å². The Hall–Kier alpha value is -0.951. The Balaban J connectivity index is -0.000000389. The van der Waals surface area contributed by atoms with E-state index in [2.05, 4.69) is 26.6 Å². The van der Waals surface area contributed by atoms with Crippen molar-refractivity contribution in [1.82, 2.24) is 14.5 Å². The average molecular weight is 567 g/mol. The minimum atomic E-state index is -4.94. The standard InChI is InChI=1S/C10H10N2.C6H18N4.2ClHO4.Cu/c1-2-4-10(5-3-1)8-12-7-6-11-9-12;7-1-4-10(5-2-8)6-3-9;2*2-1(3,4)5;/h1-7,9H,8H2;1-9H2;2*(H,2,3,4,5);/q;;;;+2/p-2. The molecule has 0 spiro atoms. The van der Waals surface area contributed by atoms with Crippen LogP contribution in [0.15, 0.2) is 49.1 Å². The van der Waals surface area contributed by atoms with Crippen molar-refractivity contribution in [2.45, 2.75) is 6.54 Å². The second kappa shape index (κ2) is 21.6. The molecule has 1 heterocycles. The largest absolute Gasteiger partial charge is 2.00 e. The molecule has 195 valence electrons. The molecular weight excluding hydrogens is 539 g/mol. The molecule has 0 aliphatic heterocycles. The van der Waals surface area contributed by atoms with E-state index in [0.29, 0.717) is 19.6 Å². The summed E-state index contributed by atoms with van der Waals surface area (Å²) in [6.45, 7) is 5.64. The van der Waals surface area contributed by atoms with Gasteiger partial charge in [0.2, 0.25) is 0 Å². The van der Waals surface area contributed by atoms with Crippen molar-refractivity contribution in [2.75, 3.05) is 39.3 Å². The summed E-state index contributed by atoms with van der Waals surface area (Å²) in [5.41, 5.74) is 17.4. The molecule has 0 aliphatic rings. The molecule has 0 unspecified atom stereocenters. The molecule has 0 aliphatic carbocycles. The van der Waals surface area contributed by atoms with Crippen molar-refractivity contribution >= 4 is 0 Å². The van der Waals surface area contributed by atoms with Gasteiger partial charge in [-0.05, 0) is 5.56 Å². The number of nitrogens with zero attached hydrogens (tertiary/aromatic N) is 3. The van der Waals surface area contributed by atoms with Gasteiger partial charge in [-0.15, -0.1) is 20.5 Å². The minimum Gasteiger partial charge on any atom is -0.333 e. The summed E-state index contributed by atoms with van der Waals surface area (Å²) in [5, 5.41) is 0. The van der Waals surface area contributed by atoms with E-state index < -0.39 is 20.5 Å². The Morgan fingerprint density at radius 1 is 0.758 bits per heavy atom. The molecule has 2 aromatic rings.